The Morgan fingerprint density at radius 1 is 0.281 bits per heavy atom. The molecule has 1 aliphatic carbocycles. The highest BCUT2D eigenvalue weighted by Gasteiger charge is 2.35. The summed E-state index contributed by atoms with van der Waals surface area (Å²) in [6, 6.07) is 67.4. The van der Waals surface area contributed by atoms with Crippen LogP contribution < -0.4 is 0 Å². The molecule has 0 spiro atoms. The molecule has 9 aromatic carbocycles. The van der Waals surface area contributed by atoms with Gasteiger partial charge in [-0.15, -0.1) is 0 Å². The van der Waals surface area contributed by atoms with Gasteiger partial charge in [0.05, 0.1) is 0 Å². The number of hydrogen-bond acceptors (Lipinski definition) is 3. The Kier molecular flexibility index (Phi) is 7.52. The van der Waals surface area contributed by atoms with Gasteiger partial charge >= 0.3 is 0 Å². The van der Waals surface area contributed by atoms with E-state index in [2.05, 4.69) is 184 Å². The van der Waals surface area contributed by atoms with Gasteiger partial charge < -0.3 is 0 Å². The van der Waals surface area contributed by atoms with Crippen molar-refractivity contribution >= 4 is 32.3 Å². The minimum atomic E-state index is -0.127. The van der Waals surface area contributed by atoms with Crippen LogP contribution in [0.2, 0.25) is 0 Å². The molecule has 3 nitrogen and oxygen atoms in total. The Morgan fingerprint density at radius 3 is 1.35 bits per heavy atom. The number of rotatable bonds is 5. The Labute approximate surface area is 332 Å². The number of nitrogens with zero attached hydrogens (tertiary/aromatic N) is 3. The Bertz CT molecular complexity index is 3180. The quantitative estimate of drug-likeness (QED) is 0.166. The molecule has 0 atom stereocenters. The van der Waals surface area contributed by atoms with Gasteiger partial charge in [0.2, 0.25) is 0 Å². The van der Waals surface area contributed by atoms with Crippen LogP contribution in [-0.2, 0) is 5.41 Å². The summed E-state index contributed by atoms with van der Waals surface area (Å²) in [5.41, 5.74) is 12.6. The van der Waals surface area contributed by atoms with Crippen LogP contribution in [0, 0.1) is 0 Å². The lowest BCUT2D eigenvalue weighted by atomic mass is 9.82. The highest BCUT2D eigenvalue weighted by molar-refractivity contribution is 6.25. The van der Waals surface area contributed by atoms with Crippen LogP contribution in [0.3, 0.4) is 0 Å². The van der Waals surface area contributed by atoms with Gasteiger partial charge in [-0.05, 0) is 101 Å². The van der Waals surface area contributed by atoms with E-state index in [9.17, 15) is 0 Å². The number of benzene rings is 9. The average Bonchev–Trinajstić information content (AvgIpc) is 3.51. The summed E-state index contributed by atoms with van der Waals surface area (Å²) in [5, 5.41) is 7.68. The van der Waals surface area contributed by atoms with E-state index in [0.29, 0.717) is 17.5 Å². The van der Waals surface area contributed by atoms with Crippen molar-refractivity contribution in [1.82, 2.24) is 15.0 Å². The molecule has 1 aromatic heterocycles. The molecular weight excluding hydrogens is 691 g/mol. The van der Waals surface area contributed by atoms with Crippen molar-refractivity contribution in [3.05, 3.63) is 199 Å². The van der Waals surface area contributed by atoms with Crippen LogP contribution in [0.15, 0.2) is 188 Å². The van der Waals surface area contributed by atoms with Gasteiger partial charge in [0, 0.05) is 22.1 Å². The van der Waals surface area contributed by atoms with E-state index in [1.165, 1.54) is 65.7 Å². The molecule has 0 radical (unpaired) electrons. The van der Waals surface area contributed by atoms with Crippen molar-refractivity contribution in [2.45, 2.75) is 19.3 Å². The minimum Gasteiger partial charge on any atom is -0.208 e. The fourth-order valence-electron chi connectivity index (χ4n) is 9.00. The third kappa shape index (κ3) is 5.46. The van der Waals surface area contributed by atoms with E-state index in [1.807, 2.05) is 18.2 Å². The lowest BCUT2D eigenvalue weighted by molar-refractivity contribution is 0.660. The predicted octanol–water partition coefficient (Wildman–Crippen LogP) is 14.0. The lowest BCUT2D eigenvalue weighted by Gasteiger charge is -2.21. The van der Waals surface area contributed by atoms with Crippen molar-refractivity contribution in [3.8, 4) is 67.5 Å². The Balaban J connectivity index is 1.00. The standard InChI is InChI=1S/C54H37N3/c1-54(2)49-25-11-10-24-46(49)47-29-27-40(33-50(47)54)53-56-51(34-14-4-3-5-15-34)55-52(57-53)39-19-13-18-37(31-39)35-16-12-17-36(30-35)38-26-28-45-43-22-7-6-20-41(43)42-21-8-9-23-44(42)48(45)32-38/h3-33H,1-2H3. The van der Waals surface area contributed by atoms with Gasteiger partial charge in [-0.2, -0.15) is 0 Å². The summed E-state index contributed by atoms with van der Waals surface area (Å²) in [6.07, 6.45) is 0. The maximum atomic E-state index is 5.17. The Morgan fingerprint density at radius 2 is 0.702 bits per heavy atom. The van der Waals surface area contributed by atoms with Gasteiger partial charge in [-0.1, -0.05) is 178 Å². The zero-order valence-corrected chi connectivity index (χ0v) is 31.7. The Hall–Kier alpha value is -7.23. The summed E-state index contributed by atoms with van der Waals surface area (Å²) >= 11 is 0. The molecule has 0 amide bonds. The molecule has 1 aliphatic rings. The van der Waals surface area contributed by atoms with Crippen molar-refractivity contribution < 1.29 is 0 Å². The van der Waals surface area contributed by atoms with E-state index >= 15 is 0 Å². The van der Waals surface area contributed by atoms with Gasteiger partial charge in [0.1, 0.15) is 0 Å². The fourth-order valence-corrected chi connectivity index (χ4v) is 9.00. The van der Waals surface area contributed by atoms with Gasteiger partial charge in [0.25, 0.3) is 0 Å². The highest BCUT2D eigenvalue weighted by atomic mass is 15.0. The second-order valence-electron chi connectivity index (χ2n) is 15.6. The zero-order chi connectivity index (χ0) is 38.1. The first-order valence-electron chi connectivity index (χ1n) is 19.6. The van der Waals surface area contributed by atoms with Crippen LogP contribution >= 0.6 is 0 Å². The van der Waals surface area contributed by atoms with Crippen molar-refractivity contribution in [2.75, 3.05) is 0 Å². The lowest BCUT2D eigenvalue weighted by Crippen LogP contribution is -2.15. The summed E-state index contributed by atoms with van der Waals surface area (Å²) in [6.45, 7) is 4.61. The predicted molar refractivity (Wildman–Crippen MR) is 237 cm³/mol. The van der Waals surface area contributed by atoms with E-state index in [1.54, 1.807) is 0 Å². The molecule has 1 heterocycles. The molecule has 268 valence electrons. The molecule has 57 heavy (non-hydrogen) atoms. The molecule has 0 fully saturated rings. The van der Waals surface area contributed by atoms with E-state index in [-0.39, 0.29) is 5.41 Å². The molecule has 0 N–H and O–H groups in total. The van der Waals surface area contributed by atoms with E-state index < -0.39 is 0 Å². The van der Waals surface area contributed by atoms with E-state index in [4.69, 9.17) is 15.0 Å². The molecular formula is C54H37N3. The second-order valence-corrected chi connectivity index (χ2v) is 15.6. The van der Waals surface area contributed by atoms with Crippen LogP contribution in [0.25, 0.3) is 99.9 Å². The summed E-state index contributed by atoms with van der Waals surface area (Å²) in [4.78, 5) is 15.3. The SMILES string of the molecule is CC1(C)c2ccccc2-c2ccc(-c3nc(-c4ccccc4)nc(-c4cccc(-c5cccc(-c6ccc7c8ccccc8c8ccccc8c7c6)c5)c4)n3)cc21. The van der Waals surface area contributed by atoms with Crippen LogP contribution in [-0.4, -0.2) is 15.0 Å². The van der Waals surface area contributed by atoms with Crippen LogP contribution in [0.1, 0.15) is 25.0 Å². The summed E-state index contributed by atoms with van der Waals surface area (Å²) in [5.74, 6) is 1.97. The first-order chi connectivity index (χ1) is 28.0. The maximum Gasteiger partial charge on any atom is 0.164 e. The fraction of sp³-hybridized carbons (Fsp3) is 0.0556. The van der Waals surface area contributed by atoms with Gasteiger partial charge in [0.15, 0.2) is 17.5 Å². The summed E-state index contributed by atoms with van der Waals surface area (Å²) < 4.78 is 0. The smallest absolute Gasteiger partial charge is 0.164 e. The van der Waals surface area contributed by atoms with Crippen molar-refractivity contribution in [3.63, 3.8) is 0 Å². The number of fused-ring (bicyclic) bond motifs is 9. The first-order valence-corrected chi connectivity index (χ1v) is 19.6. The zero-order valence-electron chi connectivity index (χ0n) is 31.7. The monoisotopic (exact) mass is 727 g/mol. The number of aromatic nitrogens is 3. The van der Waals surface area contributed by atoms with Gasteiger partial charge in [-0.25, -0.2) is 15.0 Å². The molecule has 10 aromatic rings. The maximum absolute atomic E-state index is 5.17. The molecule has 3 heteroatoms. The summed E-state index contributed by atoms with van der Waals surface area (Å²) in [7, 11) is 0. The van der Waals surface area contributed by atoms with Crippen LogP contribution in [0.4, 0.5) is 0 Å². The number of hydrogen-bond donors (Lipinski definition) is 0. The van der Waals surface area contributed by atoms with Crippen LogP contribution in [0.5, 0.6) is 0 Å². The molecule has 0 saturated carbocycles. The second kappa shape index (κ2) is 12.9. The molecule has 0 saturated heterocycles. The third-order valence-corrected chi connectivity index (χ3v) is 11.9. The molecule has 11 rings (SSSR count). The van der Waals surface area contributed by atoms with Gasteiger partial charge in [-0.3, -0.25) is 0 Å². The first kappa shape index (κ1) is 33.1. The largest absolute Gasteiger partial charge is 0.208 e. The molecule has 0 bridgehead atoms. The average molecular weight is 728 g/mol. The van der Waals surface area contributed by atoms with E-state index in [0.717, 1.165) is 27.8 Å². The highest BCUT2D eigenvalue weighted by Crippen LogP contribution is 2.49. The van der Waals surface area contributed by atoms with Crippen molar-refractivity contribution in [1.29, 1.82) is 0 Å². The molecule has 0 unspecified atom stereocenters. The minimum absolute atomic E-state index is 0.127. The molecule has 0 aliphatic heterocycles. The third-order valence-electron chi connectivity index (χ3n) is 11.9. The normalized spacial score (nSPS) is 12.9. The topological polar surface area (TPSA) is 38.7 Å². The van der Waals surface area contributed by atoms with Crippen molar-refractivity contribution in [2.24, 2.45) is 0 Å².